The van der Waals surface area contributed by atoms with Crippen molar-refractivity contribution >= 4 is 19.8 Å². The average Bonchev–Trinajstić information content (AvgIpc) is 3.14. The van der Waals surface area contributed by atoms with Crippen LogP contribution in [0, 0.1) is 0 Å². The fraction of sp³-hybridized carbons (Fsp3) is 0.762. The molecular formula is C42H75O10P. The Morgan fingerprint density at radius 3 is 1.62 bits per heavy atom. The summed E-state index contributed by atoms with van der Waals surface area (Å²) < 4.78 is 32.6. The van der Waals surface area contributed by atoms with E-state index in [0.717, 1.165) is 70.6 Å². The quantitative estimate of drug-likeness (QED) is 0.0240. The van der Waals surface area contributed by atoms with Gasteiger partial charge >= 0.3 is 19.8 Å². The minimum Gasteiger partial charge on any atom is -0.462 e. The minimum absolute atomic E-state index is 0.149. The predicted molar refractivity (Wildman–Crippen MR) is 214 cm³/mol. The smallest absolute Gasteiger partial charge is 0.462 e. The summed E-state index contributed by atoms with van der Waals surface area (Å²) in [7, 11) is -4.62. The van der Waals surface area contributed by atoms with Gasteiger partial charge in [-0.05, 0) is 70.6 Å². The molecule has 3 atom stereocenters. The zero-order chi connectivity index (χ0) is 39.1. The van der Waals surface area contributed by atoms with Crippen molar-refractivity contribution in [2.24, 2.45) is 0 Å². The van der Waals surface area contributed by atoms with Gasteiger partial charge in [-0.15, -0.1) is 0 Å². The Morgan fingerprint density at radius 1 is 0.585 bits per heavy atom. The molecule has 53 heavy (non-hydrogen) atoms. The molecule has 0 aliphatic heterocycles. The van der Waals surface area contributed by atoms with Crippen molar-refractivity contribution in [3.05, 3.63) is 48.6 Å². The van der Waals surface area contributed by atoms with Crippen LogP contribution in [0.1, 0.15) is 168 Å². The van der Waals surface area contributed by atoms with Gasteiger partial charge < -0.3 is 24.6 Å². The van der Waals surface area contributed by atoms with Crippen molar-refractivity contribution in [3.8, 4) is 0 Å². The molecule has 0 aliphatic carbocycles. The van der Waals surface area contributed by atoms with Crippen LogP contribution < -0.4 is 0 Å². The number of aliphatic hydroxyl groups is 2. The molecule has 11 heteroatoms. The highest BCUT2D eigenvalue weighted by Gasteiger charge is 2.27. The van der Waals surface area contributed by atoms with Gasteiger partial charge in [-0.1, -0.05) is 133 Å². The van der Waals surface area contributed by atoms with E-state index in [2.05, 4.69) is 67.0 Å². The van der Waals surface area contributed by atoms with Crippen LogP contribution in [-0.2, 0) is 32.7 Å². The van der Waals surface area contributed by atoms with Gasteiger partial charge in [-0.25, -0.2) is 4.57 Å². The number of allylic oxidation sites excluding steroid dienone is 8. The lowest BCUT2D eigenvalue weighted by molar-refractivity contribution is -0.161. The van der Waals surface area contributed by atoms with Crippen molar-refractivity contribution in [3.63, 3.8) is 0 Å². The summed E-state index contributed by atoms with van der Waals surface area (Å²) in [6, 6.07) is 0. The minimum atomic E-state index is -4.62. The summed E-state index contributed by atoms with van der Waals surface area (Å²) in [5, 5.41) is 18.3. The molecule has 0 bridgehead atoms. The highest BCUT2D eigenvalue weighted by molar-refractivity contribution is 7.47. The molecule has 0 fully saturated rings. The maximum atomic E-state index is 12.6. The van der Waals surface area contributed by atoms with E-state index in [4.69, 9.17) is 19.1 Å². The second-order valence-electron chi connectivity index (χ2n) is 13.6. The van der Waals surface area contributed by atoms with Gasteiger partial charge in [0.25, 0.3) is 0 Å². The summed E-state index contributed by atoms with van der Waals surface area (Å²) >= 11 is 0. The molecule has 0 aliphatic rings. The van der Waals surface area contributed by atoms with E-state index in [0.29, 0.717) is 12.8 Å². The van der Waals surface area contributed by atoms with Crippen LogP contribution in [0.5, 0.6) is 0 Å². The fourth-order valence-electron chi connectivity index (χ4n) is 5.30. The maximum Gasteiger partial charge on any atom is 0.472 e. The summed E-state index contributed by atoms with van der Waals surface area (Å²) in [4.78, 5) is 34.9. The van der Waals surface area contributed by atoms with E-state index >= 15 is 0 Å². The van der Waals surface area contributed by atoms with Crippen LogP contribution in [0.3, 0.4) is 0 Å². The first kappa shape index (κ1) is 50.9. The summed E-state index contributed by atoms with van der Waals surface area (Å²) in [5.74, 6) is -0.972. The predicted octanol–water partition coefficient (Wildman–Crippen LogP) is 10.6. The molecular weight excluding hydrogens is 695 g/mol. The zero-order valence-electron chi connectivity index (χ0n) is 33.2. The number of hydrogen-bond acceptors (Lipinski definition) is 9. The molecule has 0 amide bonds. The molecule has 3 N–H and O–H groups in total. The van der Waals surface area contributed by atoms with Gasteiger partial charge in [0, 0.05) is 12.8 Å². The SMILES string of the molecule is CC/C=C/C/C=C/C/C=C/CCCCCCCC(=O)OC[C@H](COP(=O)(O)OC[C@@H](O)CO)OC(=O)CCCC/C=C/CCCCCCCCCCC. The molecule has 10 nitrogen and oxygen atoms in total. The van der Waals surface area contributed by atoms with E-state index in [1.165, 1.54) is 57.8 Å². The van der Waals surface area contributed by atoms with E-state index in [1.807, 2.05) is 0 Å². The number of unbranched alkanes of at least 4 members (excludes halogenated alkanes) is 16. The molecule has 0 aromatic heterocycles. The number of phosphoric acid groups is 1. The van der Waals surface area contributed by atoms with E-state index in [-0.39, 0.29) is 19.4 Å². The lowest BCUT2D eigenvalue weighted by Gasteiger charge is -2.20. The fourth-order valence-corrected chi connectivity index (χ4v) is 6.08. The Balaban J connectivity index is 4.39. The van der Waals surface area contributed by atoms with E-state index < -0.39 is 51.8 Å². The Hall–Kier alpha value is -2.07. The normalized spacial score (nSPS) is 14.4. The first-order chi connectivity index (χ1) is 25.7. The van der Waals surface area contributed by atoms with Crippen molar-refractivity contribution in [1.29, 1.82) is 0 Å². The summed E-state index contributed by atoms with van der Waals surface area (Å²) in [6.45, 7) is 2.21. The van der Waals surface area contributed by atoms with Gasteiger partial charge in [-0.3, -0.25) is 18.6 Å². The molecule has 0 saturated carbocycles. The number of hydrogen-bond donors (Lipinski definition) is 3. The van der Waals surface area contributed by atoms with Crippen molar-refractivity contribution in [1.82, 2.24) is 0 Å². The van der Waals surface area contributed by atoms with Gasteiger partial charge in [-0.2, -0.15) is 0 Å². The molecule has 0 spiro atoms. The topological polar surface area (TPSA) is 149 Å². The molecule has 0 aromatic carbocycles. The van der Waals surface area contributed by atoms with Crippen molar-refractivity contribution in [2.45, 2.75) is 180 Å². The third-order valence-electron chi connectivity index (χ3n) is 8.47. The lowest BCUT2D eigenvalue weighted by atomic mass is 10.1. The third kappa shape index (κ3) is 38.0. The van der Waals surface area contributed by atoms with Gasteiger partial charge in [0.05, 0.1) is 19.8 Å². The Morgan fingerprint density at radius 2 is 1.04 bits per heavy atom. The van der Waals surface area contributed by atoms with Crippen LogP contribution in [0.15, 0.2) is 48.6 Å². The van der Waals surface area contributed by atoms with E-state index in [9.17, 15) is 24.2 Å². The molecule has 0 heterocycles. The highest BCUT2D eigenvalue weighted by Crippen LogP contribution is 2.43. The highest BCUT2D eigenvalue weighted by atomic mass is 31.2. The summed E-state index contributed by atoms with van der Waals surface area (Å²) in [6.07, 6.45) is 39.4. The lowest BCUT2D eigenvalue weighted by Crippen LogP contribution is -2.29. The maximum absolute atomic E-state index is 12.6. The van der Waals surface area contributed by atoms with Crippen LogP contribution in [0.25, 0.3) is 0 Å². The van der Waals surface area contributed by atoms with Crippen LogP contribution in [0.4, 0.5) is 0 Å². The number of carbonyl (C=O) groups excluding carboxylic acids is 2. The van der Waals surface area contributed by atoms with Crippen LogP contribution >= 0.6 is 7.82 Å². The van der Waals surface area contributed by atoms with E-state index in [1.54, 1.807) is 0 Å². The number of ether oxygens (including phenoxy) is 2. The van der Waals surface area contributed by atoms with Gasteiger partial charge in [0.2, 0.25) is 0 Å². The number of carbonyl (C=O) groups is 2. The largest absolute Gasteiger partial charge is 0.472 e. The first-order valence-corrected chi connectivity index (χ1v) is 22.1. The second kappa shape index (κ2) is 38.2. The Kier molecular flexibility index (Phi) is 36.7. The molecule has 0 saturated heterocycles. The summed E-state index contributed by atoms with van der Waals surface area (Å²) in [5.41, 5.74) is 0. The third-order valence-corrected chi connectivity index (χ3v) is 9.42. The molecule has 308 valence electrons. The number of aliphatic hydroxyl groups excluding tert-OH is 2. The number of esters is 2. The average molecular weight is 771 g/mol. The Labute approximate surface area is 322 Å². The van der Waals surface area contributed by atoms with Gasteiger partial charge in [0.1, 0.15) is 12.7 Å². The van der Waals surface area contributed by atoms with Crippen LogP contribution in [-0.4, -0.2) is 65.7 Å². The van der Waals surface area contributed by atoms with Crippen molar-refractivity contribution < 1.29 is 47.8 Å². The van der Waals surface area contributed by atoms with Crippen molar-refractivity contribution in [2.75, 3.05) is 26.4 Å². The molecule has 1 unspecified atom stereocenters. The standard InChI is InChI=1S/C42H75O10P/c1-3-5-7-9-11-13-15-17-19-21-23-25-27-29-31-33-41(45)49-37-40(38-51-53(47,48)50-36-39(44)35-43)52-42(46)34-32-30-28-26-24-22-20-18-16-14-12-10-8-6-4-2/h5,7,11,13,17,19,24,26,39-40,43-44H,3-4,6,8-10,12,14-16,18,20-23,25,27-38H2,1-2H3,(H,47,48)/b7-5+,13-11+,19-17+,26-24+/t39-,40+/m0/s1. The number of rotatable bonds is 38. The Bertz CT molecular complexity index is 1030. The molecule has 0 aromatic rings. The first-order valence-electron chi connectivity index (χ1n) is 20.6. The molecule has 0 rings (SSSR count). The zero-order valence-corrected chi connectivity index (χ0v) is 34.1. The monoisotopic (exact) mass is 771 g/mol. The molecule has 0 radical (unpaired) electrons. The van der Waals surface area contributed by atoms with Gasteiger partial charge in [0.15, 0.2) is 6.10 Å². The van der Waals surface area contributed by atoms with Crippen LogP contribution in [0.2, 0.25) is 0 Å². The number of phosphoric ester groups is 1. The second-order valence-corrected chi connectivity index (χ2v) is 15.1.